The third-order valence-corrected chi connectivity index (χ3v) is 4.74. The van der Waals surface area contributed by atoms with Gasteiger partial charge in [-0.25, -0.2) is 4.98 Å². The van der Waals surface area contributed by atoms with E-state index in [1.54, 1.807) is 29.3 Å². The summed E-state index contributed by atoms with van der Waals surface area (Å²) in [5.41, 5.74) is 1.10. The monoisotopic (exact) mass is 398 g/mol. The summed E-state index contributed by atoms with van der Waals surface area (Å²) < 4.78 is 11.3. The molecule has 0 N–H and O–H groups in total. The van der Waals surface area contributed by atoms with Crippen molar-refractivity contribution in [1.29, 1.82) is 0 Å². The fraction of sp³-hybridized carbons (Fsp3) is 0.300. The number of ether oxygens (including phenoxy) is 1. The van der Waals surface area contributed by atoms with Crippen molar-refractivity contribution < 1.29 is 13.9 Å². The number of nitrogens with zero attached hydrogens (tertiary/aromatic N) is 4. The fourth-order valence-electron chi connectivity index (χ4n) is 2.92. The Morgan fingerprint density at radius 1 is 1.25 bits per heavy atom. The third-order valence-electron chi connectivity index (χ3n) is 4.41. The van der Waals surface area contributed by atoms with Gasteiger partial charge < -0.3 is 14.1 Å². The van der Waals surface area contributed by atoms with Crippen molar-refractivity contribution in [2.45, 2.75) is 32.4 Å². The van der Waals surface area contributed by atoms with Gasteiger partial charge in [0.1, 0.15) is 5.56 Å². The first kappa shape index (κ1) is 18.4. The summed E-state index contributed by atoms with van der Waals surface area (Å²) in [6.45, 7) is 2.52. The molecular weight excluding hydrogens is 380 g/mol. The number of carbonyl (C=O) groups excluding carboxylic acids is 1. The van der Waals surface area contributed by atoms with E-state index in [1.807, 2.05) is 25.1 Å². The minimum Gasteiger partial charge on any atom is -0.477 e. The zero-order valence-corrected chi connectivity index (χ0v) is 16.1. The zero-order chi connectivity index (χ0) is 19.5. The van der Waals surface area contributed by atoms with Crippen LogP contribution in [0.15, 0.2) is 47.0 Å². The summed E-state index contributed by atoms with van der Waals surface area (Å²) in [5, 5.41) is 8.72. The first-order chi connectivity index (χ1) is 13.7. The van der Waals surface area contributed by atoms with Crippen LogP contribution in [0.4, 0.5) is 0 Å². The molecule has 4 rings (SSSR count). The Morgan fingerprint density at radius 3 is 2.82 bits per heavy atom. The number of rotatable bonds is 7. The van der Waals surface area contributed by atoms with Crippen LogP contribution in [-0.2, 0) is 6.54 Å². The third kappa shape index (κ3) is 3.84. The smallest absolute Gasteiger partial charge is 0.260 e. The van der Waals surface area contributed by atoms with Crippen LogP contribution in [0.3, 0.4) is 0 Å². The van der Waals surface area contributed by atoms with Crippen LogP contribution in [0.25, 0.3) is 11.5 Å². The Labute approximate surface area is 167 Å². The van der Waals surface area contributed by atoms with Gasteiger partial charge in [-0.15, -0.1) is 10.2 Å². The van der Waals surface area contributed by atoms with Crippen LogP contribution in [0.2, 0.25) is 5.02 Å². The highest BCUT2D eigenvalue weighted by Gasteiger charge is 2.35. The number of amides is 1. The second-order valence-corrected chi connectivity index (χ2v) is 6.84. The number of aromatic nitrogens is 3. The van der Waals surface area contributed by atoms with E-state index in [1.165, 1.54) is 0 Å². The average molecular weight is 399 g/mol. The molecule has 1 saturated carbocycles. The molecule has 2 aromatic heterocycles. The molecule has 0 spiro atoms. The Hall–Kier alpha value is -2.93. The van der Waals surface area contributed by atoms with Gasteiger partial charge in [0.25, 0.3) is 5.91 Å². The minimum absolute atomic E-state index is 0.151. The van der Waals surface area contributed by atoms with Gasteiger partial charge in [0.2, 0.25) is 17.7 Å². The molecule has 28 heavy (non-hydrogen) atoms. The number of hydrogen-bond donors (Lipinski definition) is 0. The highest BCUT2D eigenvalue weighted by atomic mass is 35.5. The van der Waals surface area contributed by atoms with Gasteiger partial charge in [-0.1, -0.05) is 23.7 Å². The number of pyridine rings is 1. The molecule has 0 unspecified atom stereocenters. The van der Waals surface area contributed by atoms with Crippen LogP contribution >= 0.6 is 11.6 Å². The first-order valence-electron chi connectivity index (χ1n) is 9.13. The molecule has 144 valence electrons. The minimum atomic E-state index is -0.156. The van der Waals surface area contributed by atoms with Crippen LogP contribution in [-0.4, -0.2) is 38.6 Å². The SMILES string of the molecule is CCOc1ncccc1C(=O)N(Cc1nnc(-c2ccccc2Cl)o1)C1CC1. The summed E-state index contributed by atoms with van der Waals surface area (Å²) in [7, 11) is 0. The largest absolute Gasteiger partial charge is 0.477 e. The van der Waals surface area contributed by atoms with E-state index in [2.05, 4.69) is 15.2 Å². The maximum Gasteiger partial charge on any atom is 0.260 e. The lowest BCUT2D eigenvalue weighted by molar-refractivity contribution is 0.0709. The summed E-state index contributed by atoms with van der Waals surface area (Å²) in [6, 6.07) is 10.9. The second-order valence-electron chi connectivity index (χ2n) is 6.43. The first-order valence-corrected chi connectivity index (χ1v) is 9.51. The van der Waals surface area contributed by atoms with Gasteiger partial charge in [0.15, 0.2) is 0 Å². The summed E-state index contributed by atoms with van der Waals surface area (Å²) in [4.78, 5) is 19.1. The molecule has 1 aromatic carbocycles. The van der Waals surface area contributed by atoms with Crippen LogP contribution in [0.1, 0.15) is 36.0 Å². The lowest BCUT2D eigenvalue weighted by Gasteiger charge is -2.21. The van der Waals surface area contributed by atoms with Crippen molar-refractivity contribution >= 4 is 17.5 Å². The van der Waals surface area contributed by atoms with E-state index < -0.39 is 0 Å². The molecule has 0 bridgehead atoms. The van der Waals surface area contributed by atoms with Crippen molar-refractivity contribution in [1.82, 2.24) is 20.1 Å². The van der Waals surface area contributed by atoms with E-state index in [0.717, 1.165) is 12.8 Å². The molecule has 8 heteroatoms. The van der Waals surface area contributed by atoms with Gasteiger partial charge in [-0.05, 0) is 44.0 Å². The van der Waals surface area contributed by atoms with E-state index >= 15 is 0 Å². The quantitative estimate of drug-likeness (QED) is 0.598. The Bertz CT molecular complexity index is 987. The standard InChI is InChI=1S/C20H19ClN4O3/c1-2-27-18-15(7-5-11-22-18)20(26)25(13-9-10-13)12-17-23-24-19(28-17)14-6-3-4-8-16(14)21/h3-8,11,13H,2,9-10,12H2,1H3. The highest BCUT2D eigenvalue weighted by Crippen LogP contribution is 2.32. The Balaban J connectivity index is 1.57. The van der Waals surface area contributed by atoms with Crippen molar-refractivity contribution in [2.75, 3.05) is 6.61 Å². The van der Waals surface area contributed by atoms with Crippen LogP contribution in [0, 0.1) is 0 Å². The molecule has 3 aromatic rings. The summed E-state index contributed by atoms with van der Waals surface area (Å²) in [5.74, 6) is 0.872. The van der Waals surface area contributed by atoms with E-state index in [4.69, 9.17) is 20.8 Å². The molecule has 0 radical (unpaired) electrons. The molecule has 1 amide bonds. The van der Waals surface area contributed by atoms with Crippen LogP contribution in [0.5, 0.6) is 5.88 Å². The molecule has 7 nitrogen and oxygen atoms in total. The lowest BCUT2D eigenvalue weighted by atomic mass is 10.2. The van der Waals surface area contributed by atoms with E-state index in [9.17, 15) is 4.79 Å². The van der Waals surface area contributed by atoms with Crippen LogP contribution < -0.4 is 4.74 Å². The normalized spacial score (nSPS) is 13.4. The predicted octanol–water partition coefficient (Wildman–Crippen LogP) is 3.99. The highest BCUT2D eigenvalue weighted by molar-refractivity contribution is 6.33. The maximum absolute atomic E-state index is 13.2. The van der Waals surface area contributed by atoms with Crippen molar-refractivity contribution in [3.05, 3.63) is 59.1 Å². The zero-order valence-electron chi connectivity index (χ0n) is 15.3. The molecule has 2 heterocycles. The molecule has 0 saturated heterocycles. The fourth-order valence-corrected chi connectivity index (χ4v) is 3.14. The van der Waals surface area contributed by atoms with Gasteiger partial charge in [-0.3, -0.25) is 4.79 Å². The molecule has 0 aliphatic heterocycles. The van der Waals surface area contributed by atoms with Gasteiger partial charge in [0, 0.05) is 12.2 Å². The molecule has 1 aliphatic carbocycles. The predicted molar refractivity (Wildman–Crippen MR) is 103 cm³/mol. The number of benzene rings is 1. The lowest BCUT2D eigenvalue weighted by Crippen LogP contribution is -2.33. The topological polar surface area (TPSA) is 81.4 Å². The molecule has 0 atom stereocenters. The Morgan fingerprint density at radius 2 is 2.07 bits per heavy atom. The van der Waals surface area contributed by atoms with Gasteiger partial charge in [0.05, 0.1) is 23.7 Å². The average Bonchev–Trinajstić information content (AvgIpc) is 3.45. The summed E-state index contributed by atoms with van der Waals surface area (Å²) >= 11 is 6.20. The Kier molecular flexibility index (Phi) is 5.25. The van der Waals surface area contributed by atoms with E-state index in [-0.39, 0.29) is 18.5 Å². The molecule has 1 fully saturated rings. The maximum atomic E-state index is 13.2. The van der Waals surface area contributed by atoms with E-state index in [0.29, 0.717) is 40.4 Å². The number of carbonyl (C=O) groups is 1. The molecular formula is C20H19ClN4O3. The van der Waals surface area contributed by atoms with Gasteiger partial charge >= 0.3 is 0 Å². The number of halogens is 1. The van der Waals surface area contributed by atoms with Crippen molar-refractivity contribution in [3.63, 3.8) is 0 Å². The molecule has 1 aliphatic rings. The van der Waals surface area contributed by atoms with Crippen molar-refractivity contribution in [3.8, 4) is 17.3 Å². The number of hydrogen-bond acceptors (Lipinski definition) is 6. The van der Waals surface area contributed by atoms with Crippen molar-refractivity contribution in [2.24, 2.45) is 0 Å². The summed E-state index contributed by atoms with van der Waals surface area (Å²) in [6.07, 6.45) is 3.50. The second kappa shape index (κ2) is 7.98. The van der Waals surface area contributed by atoms with Gasteiger partial charge in [-0.2, -0.15) is 0 Å².